The van der Waals surface area contributed by atoms with E-state index in [1.165, 1.54) is 19.2 Å². The Hall–Kier alpha value is -1.42. The summed E-state index contributed by atoms with van der Waals surface area (Å²) >= 11 is 0. The molecule has 0 aliphatic heterocycles. The molecule has 1 rings (SSSR count). The fourth-order valence-corrected chi connectivity index (χ4v) is 1.66. The predicted molar refractivity (Wildman–Crippen MR) is 65.0 cm³/mol. The summed E-state index contributed by atoms with van der Waals surface area (Å²) in [7, 11) is 1.40. The molecule has 0 aliphatic carbocycles. The minimum atomic E-state index is -0.505. The van der Waals surface area contributed by atoms with Crippen molar-refractivity contribution in [1.29, 1.82) is 0 Å². The average Bonchev–Trinajstić information content (AvgIpc) is 2.29. The molecule has 0 heterocycles. The number of rotatable bonds is 6. The first-order valence-electron chi connectivity index (χ1n) is 5.68. The number of carbonyl (C=O) groups excluding carboxylic acids is 1. The van der Waals surface area contributed by atoms with Gasteiger partial charge in [0.05, 0.1) is 7.11 Å². The van der Waals surface area contributed by atoms with Crippen LogP contribution in [-0.4, -0.2) is 25.5 Å². The normalized spacial score (nSPS) is 12.2. The van der Waals surface area contributed by atoms with Gasteiger partial charge in [-0.15, -0.1) is 0 Å². The monoisotopic (exact) mass is 239 g/mol. The molecule has 0 fully saturated rings. The van der Waals surface area contributed by atoms with Gasteiger partial charge in [-0.25, -0.2) is 4.39 Å². The lowest BCUT2D eigenvalue weighted by Crippen LogP contribution is -2.28. The van der Waals surface area contributed by atoms with E-state index in [9.17, 15) is 9.18 Å². The van der Waals surface area contributed by atoms with Gasteiger partial charge in [-0.2, -0.15) is 0 Å². The Balaban J connectivity index is 2.72. The highest BCUT2D eigenvalue weighted by Gasteiger charge is 2.12. The molecule has 0 radical (unpaired) electrons. The second-order valence-corrected chi connectivity index (χ2v) is 3.94. The molecule has 1 unspecified atom stereocenters. The van der Waals surface area contributed by atoms with E-state index in [0.29, 0.717) is 12.0 Å². The summed E-state index contributed by atoms with van der Waals surface area (Å²) in [6.07, 6.45) is 0.361. The van der Waals surface area contributed by atoms with E-state index < -0.39 is 5.82 Å². The van der Waals surface area contributed by atoms with Gasteiger partial charge in [-0.1, -0.05) is 6.92 Å². The van der Waals surface area contributed by atoms with Crippen LogP contribution in [0.3, 0.4) is 0 Å². The quantitative estimate of drug-likeness (QED) is 0.775. The van der Waals surface area contributed by atoms with Crippen LogP contribution in [0.1, 0.15) is 30.6 Å². The predicted octanol–water partition coefficient (Wildman–Crippen LogP) is 2.41. The van der Waals surface area contributed by atoms with Crippen molar-refractivity contribution in [2.75, 3.05) is 13.7 Å². The second-order valence-electron chi connectivity index (χ2n) is 3.94. The summed E-state index contributed by atoms with van der Waals surface area (Å²) in [6.45, 7) is 4.72. The fourth-order valence-electron chi connectivity index (χ4n) is 1.66. The average molecular weight is 239 g/mol. The number of ketones is 1. The van der Waals surface area contributed by atoms with E-state index in [1.807, 2.05) is 13.8 Å². The molecule has 17 heavy (non-hydrogen) atoms. The van der Waals surface area contributed by atoms with E-state index in [0.717, 1.165) is 6.54 Å². The van der Waals surface area contributed by atoms with Crippen LogP contribution in [0, 0.1) is 5.82 Å². The minimum Gasteiger partial charge on any atom is -0.494 e. The molecule has 94 valence electrons. The van der Waals surface area contributed by atoms with Crippen molar-refractivity contribution in [2.24, 2.45) is 0 Å². The van der Waals surface area contributed by atoms with Gasteiger partial charge in [0.2, 0.25) is 0 Å². The van der Waals surface area contributed by atoms with Crippen LogP contribution < -0.4 is 10.1 Å². The second kappa shape index (κ2) is 6.35. The van der Waals surface area contributed by atoms with Crippen LogP contribution in [-0.2, 0) is 0 Å². The molecule has 0 amide bonds. The van der Waals surface area contributed by atoms with Gasteiger partial charge in [-0.05, 0) is 31.7 Å². The summed E-state index contributed by atoms with van der Waals surface area (Å²) in [5.41, 5.74) is 0.382. The van der Waals surface area contributed by atoms with Crippen molar-refractivity contribution >= 4 is 5.78 Å². The molecule has 0 spiro atoms. The molecule has 3 nitrogen and oxygen atoms in total. The molecule has 1 aromatic carbocycles. The van der Waals surface area contributed by atoms with Crippen LogP contribution in [0.25, 0.3) is 0 Å². The van der Waals surface area contributed by atoms with Crippen molar-refractivity contribution in [1.82, 2.24) is 5.32 Å². The van der Waals surface area contributed by atoms with Crippen molar-refractivity contribution in [2.45, 2.75) is 26.3 Å². The lowest BCUT2D eigenvalue weighted by Gasteiger charge is -2.11. The zero-order chi connectivity index (χ0) is 12.8. The van der Waals surface area contributed by atoms with Crippen LogP contribution >= 0.6 is 0 Å². The Kier molecular flexibility index (Phi) is 5.10. The van der Waals surface area contributed by atoms with Crippen molar-refractivity contribution in [3.63, 3.8) is 0 Å². The minimum absolute atomic E-state index is 0.0694. The molecule has 0 bridgehead atoms. The molecule has 1 aromatic rings. The lowest BCUT2D eigenvalue weighted by molar-refractivity contribution is 0.0971. The number of ether oxygens (including phenoxy) is 1. The van der Waals surface area contributed by atoms with Crippen molar-refractivity contribution < 1.29 is 13.9 Å². The SMILES string of the molecule is CCNC(C)CC(=O)c1ccc(OC)c(F)c1. The van der Waals surface area contributed by atoms with E-state index in [2.05, 4.69) is 5.32 Å². The summed E-state index contributed by atoms with van der Waals surface area (Å²) in [6, 6.07) is 4.38. The number of nitrogens with one attached hydrogen (secondary N) is 1. The topological polar surface area (TPSA) is 38.3 Å². The highest BCUT2D eigenvalue weighted by Crippen LogP contribution is 2.18. The number of hydrogen-bond acceptors (Lipinski definition) is 3. The molecular formula is C13H18FNO2. The van der Waals surface area contributed by atoms with Crippen molar-refractivity contribution in [3.8, 4) is 5.75 Å². The number of methoxy groups -OCH3 is 1. The molecule has 0 saturated heterocycles. The largest absolute Gasteiger partial charge is 0.494 e. The van der Waals surface area contributed by atoms with Gasteiger partial charge in [0, 0.05) is 18.0 Å². The molecule has 0 aromatic heterocycles. The molecular weight excluding hydrogens is 221 g/mol. The number of Topliss-reactive ketones (excluding diaryl/α,β-unsaturated/α-hetero) is 1. The molecule has 0 aliphatic rings. The maximum absolute atomic E-state index is 13.4. The Morgan fingerprint density at radius 1 is 1.53 bits per heavy atom. The van der Waals surface area contributed by atoms with Gasteiger partial charge in [-0.3, -0.25) is 4.79 Å². The zero-order valence-electron chi connectivity index (χ0n) is 10.4. The molecule has 1 atom stereocenters. The smallest absolute Gasteiger partial charge is 0.165 e. The van der Waals surface area contributed by atoms with E-state index in [4.69, 9.17) is 4.74 Å². The lowest BCUT2D eigenvalue weighted by atomic mass is 10.0. The highest BCUT2D eigenvalue weighted by molar-refractivity contribution is 5.96. The first-order chi connectivity index (χ1) is 8.08. The third-order valence-electron chi connectivity index (χ3n) is 2.52. The number of benzene rings is 1. The maximum atomic E-state index is 13.4. The summed E-state index contributed by atoms with van der Waals surface area (Å²) in [5.74, 6) is -0.421. The van der Waals surface area contributed by atoms with Gasteiger partial charge in [0.25, 0.3) is 0 Å². The first kappa shape index (κ1) is 13.6. The van der Waals surface area contributed by atoms with E-state index in [-0.39, 0.29) is 17.6 Å². The van der Waals surface area contributed by atoms with Crippen LogP contribution in [0.4, 0.5) is 4.39 Å². The summed E-state index contributed by atoms with van der Waals surface area (Å²) in [4.78, 5) is 11.8. The summed E-state index contributed by atoms with van der Waals surface area (Å²) < 4.78 is 18.2. The molecule has 4 heteroatoms. The standard InChI is InChI=1S/C13H18FNO2/c1-4-15-9(2)7-12(16)10-5-6-13(17-3)11(14)8-10/h5-6,8-9,15H,4,7H2,1-3H3. The van der Waals surface area contributed by atoms with Gasteiger partial charge in [0.1, 0.15) is 0 Å². The van der Waals surface area contributed by atoms with Crippen LogP contribution in [0.15, 0.2) is 18.2 Å². The molecule has 1 N–H and O–H groups in total. The Morgan fingerprint density at radius 3 is 2.76 bits per heavy atom. The number of hydrogen-bond donors (Lipinski definition) is 1. The Labute approximate surface area is 101 Å². The van der Waals surface area contributed by atoms with E-state index >= 15 is 0 Å². The van der Waals surface area contributed by atoms with E-state index in [1.54, 1.807) is 6.07 Å². The summed E-state index contributed by atoms with van der Waals surface area (Å²) in [5, 5.41) is 3.14. The van der Waals surface area contributed by atoms with Gasteiger partial charge >= 0.3 is 0 Å². The maximum Gasteiger partial charge on any atom is 0.165 e. The van der Waals surface area contributed by atoms with Crippen LogP contribution in [0.2, 0.25) is 0 Å². The third kappa shape index (κ3) is 3.82. The Morgan fingerprint density at radius 2 is 2.24 bits per heavy atom. The Bertz CT molecular complexity index is 393. The number of carbonyl (C=O) groups is 1. The zero-order valence-corrected chi connectivity index (χ0v) is 10.4. The highest BCUT2D eigenvalue weighted by atomic mass is 19.1. The fraction of sp³-hybridized carbons (Fsp3) is 0.462. The van der Waals surface area contributed by atoms with Gasteiger partial charge in [0.15, 0.2) is 17.3 Å². The van der Waals surface area contributed by atoms with Crippen LogP contribution in [0.5, 0.6) is 5.75 Å². The van der Waals surface area contributed by atoms with Crippen molar-refractivity contribution in [3.05, 3.63) is 29.6 Å². The molecule has 0 saturated carbocycles. The first-order valence-corrected chi connectivity index (χ1v) is 5.68. The number of halogens is 1. The third-order valence-corrected chi connectivity index (χ3v) is 2.52. The van der Waals surface area contributed by atoms with Gasteiger partial charge < -0.3 is 10.1 Å².